The van der Waals surface area contributed by atoms with Gasteiger partial charge in [0.25, 0.3) is 5.89 Å². The lowest BCUT2D eigenvalue weighted by molar-refractivity contribution is -0.189. The monoisotopic (exact) mass is 403 g/mol. The van der Waals surface area contributed by atoms with E-state index in [-0.39, 0.29) is 22.4 Å². The second kappa shape index (κ2) is 6.93. The van der Waals surface area contributed by atoms with Crippen LogP contribution in [0.25, 0.3) is 22.9 Å². The van der Waals surface area contributed by atoms with Crippen molar-refractivity contribution in [3.63, 3.8) is 0 Å². The number of hydrogen-bond donors (Lipinski definition) is 0. The minimum Gasteiger partial charge on any atom is -0.416 e. The van der Waals surface area contributed by atoms with Crippen molar-refractivity contribution < 1.29 is 27.1 Å². The number of esters is 1. The van der Waals surface area contributed by atoms with Crippen molar-refractivity contribution in [2.24, 2.45) is 0 Å². The molecule has 0 fully saturated rings. The van der Waals surface area contributed by atoms with Crippen molar-refractivity contribution >= 4 is 29.2 Å². The van der Waals surface area contributed by atoms with E-state index in [0.29, 0.717) is 10.6 Å². The maximum atomic E-state index is 12.4. The lowest BCUT2D eigenvalue weighted by Gasteiger charge is -2.07. The molecule has 0 bridgehead atoms. The van der Waals surface area contributed by atoms with Gasteiger partial charge in [-0.15, -0.1) is 10.2 Å². The van der Waals surface area contributed by atoms with Crippen LogP contribution in [-0.2, 0) is 4.79 Å². The lowest BCUT2D eigenvalue weighted by atomic mass is 10.2. The lowest BCUT2D eigenvalue weighted by Crippen LogP contribution is -2.28. The van der Waals surface area contributed by atoms with Crippen LogP contribution in [0.15, 0.2) is 40.9 Å². The molecule has 0 N–H and O–H groups in total. The summed E-state index contributed by atoms with van der Waals surface area (Å²) < 4.78 is 46.9. The van der Waals surface area contributed by atoms with Gasteiger partial charge < -0.3 is 9.15 Å². The molecule has 3 rings (SSSR count). The Kier molecular flexibility index (Phi) is 4.84. The third kappa shape index (κ3) is 3.78. The highest BCUT2D eigenvalue weighted by Gasteiger charge is 2.42. The van der Waals surface area contributed by atoms with Crippen LogP contribution in [0.5, 0.6) is 5.88 Å². The number of hydrogen-bond acceptors (Lipinski definition) is 6. The predicted octanol–water partition coefficient (Wildman–Crippen LogP) is 4.57. The first-order valence-electron chi connectivity index (χ1n) is 6.79. The Morgan fingerprint density at radius 2 is 1.77 bits per heavy atom. The minimum absolute atomic E-state index is 0.0237. The highest BCUT2D eigenvalue weighted by Crippen LogP contribution is 2.34. The summed E-state index contributed by atoms with van der Waals surface area (Å²) in [6, 6.07) is 7.26. The number of benzene rings is 1. The Balaban J connectivity index is 1.98. The molecule has 2 aromatic heterocycles. The van der Waals surface area contributed by atoms with E-state index in [0.717, 1.165) is 6.20 Å². The summed E-state index contributed by atoms with van der Waals surface area (Å²) >= 11 is 11.9. The Bertz CT molecular complexity index is 976. The van der Waals surface area contributed by atoms with Gasteiger partial charge in [-0.3, -0.25) is 0 Å². The summed E-state index contributed by atoms with van der Waals surface area (Å²) in [6.45, 7) is 0. The SMILES string of the molecule is O=C(Oc1ncccc1-c1nnc(-c2cc(Cl)ccc2Cl)o1)C(F)(F)F. The van der Waals surface area contributed by atoms with Gasteiger partial charge in [-0.05, 0) is 30.3 Å². The zero-order valence-electron chi connectivity index (χ0n) is 12.4. The summed E-state index contributed by atoms with van der Waals surface area (Å²) in [5, 5.41) is 8.16. The Morgan fingerprint density at radius 3 is 2.46 bits per heavy atom. The van der Waals surface area contributed by atoms with Crippen LogP contribution < -0.4 is 4.74 Å². The van der Waals surface area contributed by atoms with Crippen LogP contribution in [0.2, 0.25) is 10.0 Å². The van der Waals surface area contributed by atoms with Crippen molar-refractivity contribution in [2.75, 3.05) is 0 Å². The Morgan fingerprint density at radius 1 is 1.08 bits per heavy atom. The van der Waals surface area contributed by atoms with E-state index in [1.54, 1.807) is 6.07 Å². The predicted molar refractivity (Wildman–Crippen MR) is 84.7 cm³/mol. The van der Waals surface area contributed by atoms with E-state index in [9.17, 15) is 18.0 Å². The maximum absolute atomic E-state index is 12.4. The standard InChI is InChI=1S/C15H6Cl2F3N3O3/c16-7-3-4-10(17)9(6-7)13-23-22-12(25-13)8-2-1-5-21-11(8)26-14(24)15(18,19)20/h1-6H. The van der Waals surface area contributed by atoms with Crippen LogP contribution >= 0.6 is 23.2 Å². The van der Waals surface area contributed by atoms with Gasteiger partial charge in [-0.25, -0.2) is 9.78 Å². The Labute approximate surface area is 153 Å². The molecule has 26 heavy (non-hydrogen) atoms. The highest BCUT2D eigenvalue weighted by molar-refractivity contribution is 6.35. The van der Waals surface area contributed by atoms with E-state index in [2.05, 4.69) is 19.9 Å². The first kappa shape index (κ1) is 18.2. The second-order valence-electron chi connectivity index (χ2n) is 4.78. The summed E-state index contributed by atoms with van der Waals surface area (Å²) in [5.41, 5.74) is 0.234. The fourth-order valence-electron chi connectivity index (χ4n) is 1.88. The largest absolute Gasteiger partial charge is 0.491 e. The average Bonchev–Trinajstić information content (AvgIpc) is 3.06. The van der Waals surface area contributed by atoms with Crippen LogP contribution in [0.4, 0.5) is 13.2 Å². The number of aromatic nitrogens is 3. The van der Waals surface area contributed by atoms with E-state index < -0.39 is 18.0 Å². The van der Waals surface area contributed by atoms with Gasteiger partial charge in [0.15, 0.2) is 0 Å². The first-order chi connectivity index (χ1) is 12.3. The molecule has 6 nitrogen and oxygen atoms in total. The molecule has 0 radical (unpaired) electrons. The normalized spacial score (nSPS) is 11.4. The number of carbonyl (C=O) groups excluding carboxylic acids is 1. The molecule has 0 aliphatic heterocycles. The Hall–Kier alpha value is -2.65. The van der Waals surface area contributed by atoms with Crippen LogP contribution in [0.3, 0.4) is 0 Å². The van der Waals surface area contributed by atoms with E-state index in [1.165, 1.54) is 24.3 Å². The second-order valence-corrected chi connectivity index (χ2v) is 5.62. The zero-order valence-corrected chi connectivity index (χ0v) is 13.9. The van der Waals surface area contributed by atoms with E-state index in [1.807, 2.05) is 0 Å². The molecule has 0 spiro atoms. The molecule has 11 heteroatoms. The van der Waals surface area contributed by atoms with E-state index >= 15 is 0 Å². The van der Waals surface area contributed by atoms with Gasteiger partial charge >= 0.3 is 12.1 Å². The molecule has 0 saturated carbocycles. The number of rotatable bonds is 3. The molecule has 0 amide bonds. The van der Waals surface area contributed by atoms with Gasteiger partial charge in [0.05, 0.1) is 10.6 Å². The molecule has 0 saturated heterocycles. The average molecular weight is 404 g/mol. The van der Waals surface area contributed by atoms with Crippen LogP contribution in [0, 0.1) is 0 Å². The molecule has 0 aliphatic carbocycles. The fraction of sp³-hybridized carbons (Fsp3) is 0.0667. The fourth-order valence-corrected chi connectivity index (χ4v) is 2.25. The van der Waals surface area contributed by atoms with E-state index in [4.69, 9.17) is 27.6 Å². The first-order valence-corrected chi connectivity index (χ1v) is 7.54. The summed E-state index contributed by atoms with van der Waals surface area (Å²) in [7, 11) is 0. The van der Waals surface area contributed by atoms with Crippen molar-refractivity contribution in [3.05, 3.63) is 46.6 Å². The van der Waals surface area contributed by atoms with Crippen molar-refractivity contribution in [1.82, 2.24) is 15.2 Å². The van der Waals surface area contributed by atoms with Gasteiger partial charge in [0.2, 0.25) is 11.8 Å². The highest BCUT2D eigenvalue weighted by atomic mass is 35.5. The topological polar surface area (TPSA) is 78.1 Å². The van der Waals surface area contributed by atoms with Gasteiger partial charge in [0, 0.05) is 11.2 Å². The van der Waals surface area contributed by atoms with Crippen molar-refractivity contribution in [3.8, 4) is 28.8 Å². The van der Waals surface area contributed by atoms with Gasteiger partial charge in [-0.2, -0.15) is 13.2 Å². The minimum atomic E-state index is -5.18. The van der Waals surface area contributed by atoms with Crippen molar-refractivity contribution in [2.45, 2.75) is 6.18 Å². The maximum Gasteiger partial charge on any atom is 0.491 e. The number of pyridine rings is 1. The molecule has 134 valence electrons. The van der Waals surface area contributed by atoms with Crippen LogP contribution in [0.1, 0.15) is 0 Å². The van der Waals surface area contributed by atoms with Gasteiger partial charge in [-0.1, -0.05) is 23.2 Å². The zero-order chi connectivity index (χ0) is 18.9. The molecule has 0 unspecified atom stereocenters. The smallest absolute Gasteiger partial charge is 0.416 e. The molecular formula is C15H6Cl2F3N3O3. The number of nitrogens with zero attached hydrogens (tertiary/aromatic N) is 3. The molecule has 1 aromatic carbocycles. The molecule has 3 aromatic rings. The third-order valence-corrected chi connectivity index (χ3v) is 3.57. The molecule has 2 heterocycles. The molecule has 0 aliphatic rings. The summed E-state index contributed by atoms with van der Waals surface area (Å²) in [5.74, 6) is -3.28. The molecular weight excluding hydrogens is 398 g/mol. The quantitative estimate of drug-likeness (QED) is 0.595. The number of alkyl halides is 3. The summed E-state index contributed by atoms with van der Waals surface area (Å²) in [4.78, 5) is 14.6. The molecule has 0 atom stereocenters. The number of ether oxygens (including phenoxy) is 1. The number of halogens is 5. The number of carbonyl (C=O) groups is 1. The summed E-state index contributed by atoms with van der Waals surface area (Å²) in [6.07, 6.45) is -4.03. The third-order valence-electron chi connectivity index (χ3n) is 3.01. The van der Waals surface area contributed by atoms with Gasteiger partial charge in [0.1, 0.15) is 5.56 Å². The van der Waals surface area contributed by atoms with Crippen molar-refractivity contribution in [1.29, 1.82) is 0 Å². The van der Waals surface area contributed by atoms with Crippen LogP contribution in [-0.4, -0.2) is 27.3 Å².